The van der Waals surface area contributed by atoms with Crippen molar-refractivity contribution < 1.29 is 9.53 Å². The minimum Gasteiger partial charge on any atom is -0.494 e. The molecule has 0 saturated carbocycles. The Labute approximate surface area is 162 Å². The molecule has 0 aliphatic rings. The normalized spacial score (nSPS) is 11.3. The zero-order valence-electron chi connectivity index (χ0n) is 15.3. The number of ether oxygens (including phenoxy) is 1. The van der Waals surface area contributed by atoms with Crippen LogP contribution in [0.25, 0.3) is 0 Å². The number of hydrogen-bond acceptors (Lipinski definition) is 3. The third-order valence-electron chi connectivity index (χ3n) is 4.06. The summed E-state index contributed by atoms with van der Waals surface area (Å²) >= 11 is 0. The second kappa shape index (κ2) is 12.3. The van der Waals surface area contributed by atoms with Crippen molar-refractivity contribution in [3.63, 3.8) is 0 Å². The minimum absolute atomic E-state index is 0. The lowest BCUT2D eigenvalue weighted by Crippen LogP contribution is -2.29. The van der Waals surface area contributed by atoms with Crippen LogP contribution in [0.1, 0.15) is 43.4 Å². The molecule has 0 heterocycles. The maximum Gasteiger partial charge on any atom is 0.221 e. The summed E-state index contributed by atoms with van der Waals surface area (Å²) in [5, 5.41) is 2.94. The zero-order chi connectivity index (χ0) is 17.9. The monoisotopic (exact) mass is 376 g/mol. The van der Waals surface area contributed by atoms with E-state index in [0.29, 0.717) is 13.0 Å². The first-order valence-corrected chi connectivity index (χ1v) is 8.98. The van der Waals surface area contributed by atoms with Gasteiger partial charge < -0.3 is 15.8 Å². The topological polar surface area (TPSA) is 64.3 Å². The van der Waals surface area contributed by atoms with Gasteiger partial charge in [0.1, 0.15) is 5.75 Å². The Balaban J connectivity index is 0.00000338. The molecule has 0 radical (unpaired) electrons. The zero-order valence-corrected chi connectivity index (χ0v) is 16.1. The average Bonchev–Trinajstić information content (AvgIpc) is 2.64. The number of amides is 1. The number of benzene rings is 2. The molecule has 2 aromatic carbocycles. The minimum atomic E-state index is -0.263. The van der Waals surface area contributed by atoms with Crippen LogP contribution < -0.4 is 15.8 Å². The Morgan fingerprint density at radius 2 is 1.81 bits per heavy atom. The highest BCUT2D eigenvalue weighted by Gasteiger charge is 2.10. The highest BCUT2D eigenvalue weighted by Crippen LogP contribution is 2.14. The average molecular weight is 377 g/mol. The van der Waals surface area contributed by atoms with Crippen molar-refractivity contribution in [1.82, 2.24) is 5.32 Å². The summed E-state index contributed by atoms with van der Waals surface area (Å²) in [6.45, 7) is 3.51. The second-order valence-electron chi connectivity index (χ2n) is 6.17. The summed E-state index contributed by atoms with van der Waals surface area (Å²) in [6, 6.07) is 17.5. The molecule has 0 aliphatic heterocycles. The first kappa shape index (κ1) is 22.0. The van der Waals surface area contributed by atoms with E-state index in [9.17, 15) is 4.79 Å². The molecule has 1 atom stereocenters. The SMILES string of the molecule is CCCCOc1ccc(CCNC(=O)CC(N)c2ccccc2)cc1.Cl. The van der Waals surface area contributed by atoms with Crippen molar-refractivity contribution in [2.75, 3.05) is 13.2 Å². The highest BCUT2D eigenvalue weighted by molar-refractivity contribution is 5.85. The molecule has 2 aromatic rings. The van der Waals surface area contributed by atoms with E-state index in [1.807, 2.05) is 54.6 Å². The van der Waals surface area contributed by atoms with Gasteiger partial charge in [0.05, 0.1) is 6.61 Å². The van der Waals surface area contributed by atoms with Gasteiger partial charge in [-0.3, -0.25) is 4.79 Å². The van der Waals surface area contributed by atoms with Gasteiger partial charge in [0.25, 0.3) is 0 Å². The molecule has 3 N–H and O–H groups in total. The maximum atomic E-state index is 12.0. The van der Waals surface area contributed by atoms with E-state index >= 15 is 0 Å². The third kappa shape index (κ3) is 7.89. The van der Waals surface area contributed by atoms with Gasteiger partial charge in [-0.2, -0.15) is 0 Å². The predicted octanol–water partition coefficient (Wildman–Crippen LogP) is 4.04. The summed E-state index contributed by atoms with van der Waals surface area (Å²) < 4.78 is 5.65. The highest BCUT2D eigenvalue weighted by atomic mass is 35.5. The molecular weight excluding hydrogens is 348 g/mol. The van der Waals surface area contributed by atoms with Crippen molar-refractivity contribution in [2.45, 2.75) is 38.6 Å². The molecule has 0 bridgehead atoms. The molecule has 2 rings (SSSR count). The van der Waals surface area contributed by atoms with E-state index in [-0.39, 0.29) is 24.4 Å². The van der Waals surface area contributed by atoms with Crippen LogP contribution in [0.4, 0.5) is 0 Å². The molecule has 1 amide bonds. The lowest BCUT2D eigenvalue weighted by atomic mass is 10.0. The summed E-state index contributed by atoms with van der Waals surface area (Å²) in [7, 11) is 0. The largest absolute Gasteiger partial charge is 0.494 e. The molecule has 0 aliphatic carbocycles. The molecule has 0 aromatic heterocycles. The third-order valence-corrected chi connectivity index (χ3v) is 4.06. The van der Waals surface area contributed by atoms with Crippen molar-refractivity contribution in [2.24, 2.45) is 5.73 Å². The van der Waals surface area contributed by atoms with E-state index < -0.39 is 0 Å². The summed E-state index contributed by atoms with van der Waals surface area (Å²) in [5.74, 6) is 0.881. The Morgan fingerprint density at radius 1 is 1.12 bits per heavy atom. The number of nitrogens with one attached hydrogen (secondary N) is 1. The van der Waals surface area contributed by atoms with Gasteiger partial charge in [0.15, 0.2) is 0 Å². The number of rotatable bonds is 10. The molecule has 0 fully saturated rings. The Hall–Kier alpha value is -2.04. The summed E-state index contributed by atoms with van der Waals surface area (Å²) in [5.41, 5.74) is 8.23. The van der Waals surface area contributed by atoms with E-state index in [2.05, 4.69) is 12.2 Å². The van der Waals surface area contributed by atoms with Gasteiger partial charge in [-0.05, 0) is 36.1 Å². The number of halogens is 1. The smallest absolute Gasteiger partial charge is 0.221 e. The van der Waals surface area contributed by atoms with Gasteiger partial charge >= 0.3 is 0 Å². The van der Waals surface area contributed by atoms with E-state index in [1.54, 1.807) is 0 Å². The second-order valence-corrected chi connectivity index (χ2v) is 6.17. The fraction of sp³-hybridized carbons (Fsp3) is 0.381. The summed E-state index contributed by atoms with van der Waals surface area (Å²) in [6.07, 6.45) is 3.29. The summed E-state index contributed by atoms with van der Waals surface area (Å²) in [4.78, 5) is 12.0. The van der Waals surface area contributed by atoms with E-state index in [4.69, 9.17) is 10.5 Å². The lowest BCUT2D eigenvalue weighted by Gasteiger charge is -2.12. The van der Waals surface area contributed by atoms with E-state index in [1.165, 1.54) is 5.56 Å². The fourth-order valence-corrected chi connectivity index (χ4v) is 2.52. The molecule has 0 saturated heterocycles. The van der Waals surface area contributed by atoms with Crippen LogP contribution in [-0.4, -0.2) is 19.1 Å². The number of hydrogen-bond donors (Lipinski definition) is 2. The molecule has 0 spiro atoms. The lowest BCUT2D eigenvalue weighted by molar-refractivity contribution is -0.121. The Morgan fingerprint density at radius 3 is 2.46 bits per heavy atom. The van der Waals surface area contributed by atoms with Gasteiger partial charge in [-0.15, -0.1) is 12.4 Å². The molecule has 4 nitrogen and oxygen atoms in total. The van der Waals surface area contributed by atoms with Crippen LogP contribution >= 0.6 is 12.4 Å². The Kier molecular flexibility index (Phi) is 10.4. The number of carbonyl (C=O) groups is 1. The van der Waals surface area contributed by atoms with Crippen LogP contribution in [-0.2, 0) is 11.2 Å². The molecule has 1 unspecified atom stereocenters. The van der Waals surface area contributed by atoms with Crippen LogP contribution in [0.15, 0.2) is 54.6 Å². The van der Waals surface area contributed by atoms with Gasteiger partial charge in [-0.1, -0.05) is 55.8 Å². The number of nitrogens with two attached hydrogens (primary N) is 1. The van der Waals surface area contributed by atoms with Gasteiger partial charge in [-0.25, -0.2) is 0 Å². The van der Waals surface area contributed by atoms with Crippen LogP contribution in [0.2, 0.25) is 0 Å². The first-order chi connectivity index (χ1) is 12.2. The number of carbonyl (C=O) groups excluding carboxylic acids is 1. The van der Waals surface area contributed by atoms with E-state index in [0.717, 1.165) is 37.2 Å². The van der Waals surface area contributed by atoms with Crippen LogP contribution in [0, 0.1) is 0 Å². The van der Waals surface area contributed by atoms with Crippen LogP contribution in [0.5, 0.6) is 5.75 Å². The molecule has 26 heavy (non-hydrogen) atoms. The number of unbranched alkanes of at least 4 members (excludes halogenated alkanes) is 1. The van der Waals surface area contributed by atoms with Crippen molar-refractivity contribution >= 4 is 18.3 Å². The van der Waals surface area contributed by atoms with Crippen molar-refractivity contribution in [3.8, 4) is 5.75 Å². The molecule has 5 heteroatoms. The first-order valence-electron chi connectivity index (χ1n) is 8.98. The Bertz CT molecular complexity index is 632. The molecule has 142 valence electrons. The molecular formula is C21H29ClN2O2. The van der Waals surface area contributed by atoms with Gasteiger partial charge in [0, 0.05) is 19.0 Å². The predicted molar refractivity (Wildman–Crippen MR) is 109 cm³/mol. The standard InChI is InChI=1S/C21H28N2O2.ClH/c1-2-3-15-25-19-11-9-17(10-12-19)13-14-23-21(24)16-20(22)18-7-5-4-6-8-18;/h4-12,20H,2-3,13-16,22H2,1H3,(H,23,24);1H. The fourth-order valence-electron chi connectivity index (χ4n) is 2.52. The van der Waals surface area contributed by atoms with Crippen LogP contribution in [0.3, 0.4) is 0 Å². The van der Waals surface area contributed by atoms with Crippen molar-refractivity contribution in [1.29, 1.82) is 0 Å². The van der Waals surface area contributed by atoms with Gasteiger partial charge in [0.2, 0.25) is 5.91 Å². The van der Waals surface area contributed by atoms with Crippen molar-refractivity contribution in [3.05, 3.63) is 65.7 Å². The maximum absolute atomic E-state index is 12.0. The quantitative estimate of drug-likeness (QED) is 0.615.